The average Bonchev–Trinajstić information content (AvgIpc) is 2.45. The normalized spacial score (nSPS) is 13.2. The van der Waals surface area contributed by atoms with Gasteiger partial charge in [-0.05, 0) is 18.5 Å². The number of benzene rings is 1. The first-order valence-electron chi connectivity index (χ1n) is 7.46. The molecule has 0 heterocycles. The summed E-state index contributed by atoms with van der Waals surface area (Å²) in [5.41, 5.74) is 6.33. The molecule has 0 aliphatic rings. The van der Waals surface area contributed by atoms with E-state index in [1.54, 1.807) is 0 Å². The average molecular weight is 284 g/mol. The third-order valence-electron chi connectivity index (χ3n) is 4.04. The maximum absolute atomic E-state index is 14.0. The molecule has 0 spiro atoms. The molecule has 1 aromatic rings. The molecule has 0 bridgehead atoms. The van der Waals surface area contributed by atoms with Gasteiger partial charge in [-0.25, -0.2) is 8.78 Å². The first kappa shape index (κ1) is 17.1. The number of rotatable bonds is 8. The molecule has 4 heteroatoms. The minimum absolute atomic E-state index is 0.193. The number of hydrogen-bond acceptors (Lipinski definition) is 2. The van der Waals surface area contributed by atoms with Crippen LogP contribution in [0.25, 0.3) is 0 Å². The van der Waals surface area contributed by atoms with Crippen LogP contribution in [0.3, 0.4) is 0 Å². The summed E-state index contributed by atoms with van der Waals surface area (Å²) in [5, 5.41) is 0. The van der Waals surface area contributed by atoms with Gasteiger partial charge in [-0.3, -0.25) is 4.90 Å². The summed E-state index contributed by atoms with van der Waals surface area (Å²) in [6, 6.07) is 3.55. The number of nitrogens with two attached hydrogens (primary N) is 1. The van der Waals surface area contributed by atoms with E-state index >= 15 is 0 Å². The van der Waals surface area contributed by atoms with Crippen molar-refractivity contribution in [3.05, 3.63) is 35.4 Å². The summed E-state index contributed by atoms with van der Waals surface area (Å²) in [7, 11) is 0. The summed E-state index contributed by atoms with van der Waals surface area (Å²) in [4.78, 5) is 2.19. The van der Waals surface area contributed by atoms with E-state index in [1.165, 1.54) is 12.1 Å². The highest BCUT2D eigenvalue weighted by molar-refractivity contribution is 5.22. The van der Waals surface area contributed by atoms with Gasteiger partial charge < -0.3 is 5.73 Å². The van der Waals surface area contributed by atoms with E-state index in [0.29, 0.717) is 18.0 Å². The summed E-state index contributed by atoms with van der Waals surface area (Å²) in [5.74, 6) is -0.485. The van der Waals surface area contributed by atoms with Crippen LogP contribution in [0.1, 0.15) is 45.2 Å². The molecule has 1 unspecified atom stereocenters. The molecular weight excluding hydrogens is 258 g/mol. The third-order valence-corrected chi connectivity index (χ3v) is 4.04. The van der Waals surface area contributed by atoms with Crippen molar-refractivity contribution >= 4 is 0 Å². The second kappa shape index (κ2) is 8.32. The number of halogens is 2. The van der Waals surface area contributed by atoms with Crippen LogP contribution < -0.4 is 5.73 Å². The highest BCUT2D eigenvalue weighted by atomic mass is 19.1. The van der Waals surface area contributed by atoms with E-state index in [4.69, 9.17) is 5.73 Å². The fourth-order valence-electron chi connectivity index (χ4n) is 2.60. The molecule has 1 atom stereocenters. The molecular formula is C16H26F2N2. The molecule has 0 saturated heterocycles. The molecule has 0 saturated carbocycles. The Kier molecular flexibility index (Phi) is 7.10. The molecule has 0 aliphatic heterocycles. The lowest BCUT2D eigenvalue weighted by Gasteiger charge is -2.33. The van der Waals surface area contributed by atoms with Crippen LogP contribution in [0, 0.1) is 17.6 Å². The fraction of sp³-hybridized carbons (Fsp3) is 0.625. The topological polar surface area (TPSA) is 29.3 Å². The van der Waals surface area contributed by atoms with Crippen LogP contribution in [0.4, 0.5) is 8.78 Å². The molecule has 0 aliphatic carbocycles. The largest absolute Gasteiger partial charge is 0.329 e. The molecule has 0 aromatic heterocycles. The van der Waals surface area contributed by atoms with Gasteiger partial charge in [-0.15, -0.1) is 0 Å². The molecule has 0 fully saturated rings. The van der Waals surface area contributed by atoms with E-state index in [2.05, 4.69) is 18.7 Å². The summed E-state index contributed by atoms with van der Waals surface area (Å²) in [6.45, 7) is 8.40. The van der Waals surface area contributed by atoms with Crippen molar-refractivity contribution < 1.29 is 8.78 Å². The quantitative estimate of drug-likeness (QED) is 0.788. The third kappa shape index (κ3) is 4.25. The zero-order chi connectivity index (χ0) is 15.1. The maximum atomic E-state index is 14.0. The lowest BCUT2D eigenvalue weighted by molar-refractivity contribution is 0.171. The van der Waals surface area contributed by atoms with E-state index in [9.17, 15) is 8.78 Å². The first-order chi connectivity index (χ1) is 9.57. The fourth-order valence-corrected chi connectivity index (χ4v) is 2.60. The summed E-state index contributed by atoms with van der Waals surface area (Å²) in [6.07, 6.45) is 2.19. The smallest absolute Gasteiger partial charge is 0.130 e. The van der Waals surface area contributed by atoms with Crippen molar-refractivity contribution in [3.8, 4) is 0 Å². The molecule has 0 radical (unpaired) electrons. The molecule has 114 valence electrons. The summed E-state index contributed by atoms with van der Waals surface area (Å²) >= 11 is 0. The number of nitrogens with zero attached hydrogens (tertiary/aromatic N) is 1. The SMILES string of the molecule is CCC(CC)CN(CC)C(CN)c1ccc(F)cc1F. The van der Waals surface area contributed by atoms with E-state index in [1.807, 2.05) is 6.92 Å². The van der Waals surface area contributed by atoms with E-state index in [-0.39, 0.29) is 6.04 Å². The minimum atomic E-state index is -0.551. The van der Waals surface area contributed by atoms with Crippen LogP contribution in [0.5, 0.6) is 0 Å². The summed E-state index contributed by atoms with van der Waals surface area (Å²) < 4.78 is 27.0. The van der Waals surface area contributed by atoms with Gasteiger partial charge >= 0.3 is 0 Å². The Labute approximate surface area is 121 Å². The van der Waals surface area contributed by atoms with Crippen LogP contribution in [-0.4, -0.2) is 24.5 Å². The van der Waals surface area contributed by atoms with Gasteiger partial charge in [-0.2, -0.15) is 0 Å². The van der Waals surface area contributed by atoms with Gasteiger partial charge in [-0.1, -0.05) is 39.7 Å². The van der Waals surface area contributed by atoms with Crippen molar-refractivity contribution in [2.45, 2.75) is 39.7 Å². The predicted octanol–water partition coefficient (Wildman–Crippen LogP) is 3.72. The van der Waals surface area contributed by atoms with Gasteiger partial charge in [0.25, 0.3) is 0 Å². The van der Waals surface area contributed by atoms with Gasteiger partial charge in [0.15, 0.2) is 0 Å². The van der Waals surface area contributed by atoms with Crippen molar-refractivity contribution in [3.63, 3.8) is 0 Å². The Morgan fingerprint density at radius 1 is 1.15 bits per heavy atom. The van der Waals surface area contributed by atoms with E-state index < -0.39 is 11.6 Å². The lowest BCUT2D eigenvalue weighted by atomic mass is 9.99. The Morgan fingerprint density at radius 3 is 2.25 bits per heavy atom. The lowest BCUT2D eigenvalue weighted by Crippen LogP contribution is -2.37. The van der Waals surface area contributed by atoms with Crippen LogP contribution in [-0.2, 0) is 0 Å². The van der Waals surface area contributed by atoms with E-state index in [0.717, 1.165) is 32.0 Å². The standard InChI is InChI=1S/C16H26F2N2/c1-4-12(5-2)11-20(6-3)16(10-19)14-8-7-13(17)9-15(14)18/h7-9,12,16H,4-6,10-11,19H2,1-3H3. The highest BCUT2D eigenvalue weighted by Crippen LogP contribution is 2.25. The molecule has 1 aromatic carbocycles. The molecule has 1 rings (SSSR count). The monoisotopic (exact) mass is 284 g/mol. The molecule has 0 amide bonds. The molecule has 2 N–H and O–H groups in total. The van der Waals surface area contributed by atoms with Gasteiger partial charge in [0.2, 0.25) is 0 Å². The minimum Gasteiger partial charge on any atom is -0.329 e. The zero-order valence-electron chi connectivity index (χ0n) is 12.7. The first-order valence-corrected chi connectivity index (χ1v) is 7.46. The predicted molar refractivity (Wildman–Crippen MR) is 79.5 cm³/mol. The van der Waals surface area contributed by atoms with Crippen LogP contribution >= 0.6 is 0 Å². The number of hydrogen-bond donors (Lipinski definition) is 1. The Hall–Kier alpha value is -1.00. The Bertz CT molecular complexity index is 405. The van der Waals surface area contributed by atoms with Gasteiger partial charge in [0.1, 0.15) is 11.6 Å². The van der Waals surface area contributed by atoms with Crippen molar-refractivity contribution in [1.29, 1.82) is 0 Å². The maximum Gasteiger partial charge on any atom is 0.130 e. The second-order valence-corrected chi connectivity index (χ2v) is 5.19. The van der Waals surface area contributed by atoms with Crippen LogP contribution in [0.15, 0.2) is 18.2 Å². The van der Waals surface area contributed by atoms with Crippen molar-refractivity contribution in [1.82, 2.24) is 4.90 Å². The van der Waals surface area contributed by atoms with Crippen molar-refractivity contribution in [2.24, 2.45) is 11.7 Å². The zero-order valence-corrected chi connectivity index (χ0v) is 12.7. The van der Waals surface area contributed by atoms with Crippen LogP contribution in [0.2, 0.25) is 0 Å². The highest BCUT2D eigenvalue weighted by Gasteiger charge is 2.23. The second-order valence-electron chi connectivity index (χ2n) is 5.19. The Morgan fingerprint density at radius 2 is 1.80 bits per heavy atom. The van der Waals surface area contributed by atoms with Gasteiger partial charge in [0, 0.05) is 30.8 Å². The number of likely N-dealkylation sites (N-methyl/N-ethyl adjacent to an activating group) is 1. The Balaban J connectivity index is 2.96. The van der Waals surface area contributed by atoms with Crippen molar-refractivity contribution in [2.75, 3.05) is 19.6 Å². The molecule has 20 heavy (non-hydrogen) atoms. The molecule has 2 nitrogen and oxygen atoms in total. The van der Waals surface area contributed by atoms with Gasteiger partial charge in [0.05, 0.1) is 0 Å².